The van der Waals surface area contributed by atoms with Crippen LogP contribution in [-0.4, -0.2) is 28.0 Å². The van der Waals surface area contributed by atoms with Crippen LogP contribution in [0, 0.1) is 6.92 Å². The van der Waals surface area contributed by atoms with Gasteiger partial charge in [-0.25, -0.2) is 0 Å². The largest absolute Gasteiger partial charge is 0.383 e. The Morgan fingerprint density at radius 3 is 2.53 bits per heavy atom. The Morgan fingerprint density at radius 1 is 1.47 bits per heavy atom. The van der Waals surface area contributed by atoms with E-state index in [2.05, 4.69) is 10.4 Å². The van der Waals surface area contributed by atoms with Crippen LogP contribution < -0.4 is 5.32 Å². The van der Waals surface area contributed by atoms with Gasteiger partial charge in [0.15, 0.2) is 0 Å². The minimum absolute atomic E-state index is 0.599. The molecule has 1 fully saturated rings. The van der Waals surface area contributed by atoms with Crippen molar-refractivity contribution in [3.05, 3.63) is 16.4 Å². The highest BCUT2D eigenvalue weighted by Crippen LogP contribution is 2.35. The van der Waals surface area contributed by atoms with Crippen molar-refractivity contribution in [3.63, 3.8) is 0 Å². The van der Waals surface area contributed by atoms with E-state index in [1.807, 2.05) is 14.0 Å². The van der Waals surface area contributed by atoms with Crippen LogP contribution >= 0.6 is 11.6 Å². The highest BCUT2D eigenvalue weighted by molar-refractivity contribution is 6.32. The van der Waals surface area contributed by atoms with Crippen LogP contribution in [0.1, 0.15) is 24.2 Å². The predicted octanol–water partition coefficient (Wildman–Crippen LogP) is 0.953. The van der Waals surface area contributed by atoms with E-state index in [-0.39, 0.29) is 0 Å². The van der Waals surface area contributed by atoms with Gasteiger partial charge in [-0.05, 0) is 32.9 Å². The molecule has 1 aromatic rings. The Bertz CT molecular complexity index is 369. The number of aliphatic hydroxyl groups is 1. The summed E-state index contributed by atoms with van der Waals surface area (Å²) in [6.45, 7) is 3.49. The Kier molecular flexibility index (Phi) is 2.75. The maximum absolute atomic E-state index is 10.5. The molecule has 1 aromatic heterocycles. The molecule has 0 atom stereocenters. The molecule has 0 radical (unpaired) electrons. The summed E-state index contributed by atoms with van der Waals surface area (Å²) in [6.07, 6.45) is 1.37. The van der Waals surface area contributed by atoms with Gasteiger partial charge in [0.25, 0.3) is 0 Å². The number of halogens is 1. The summed E-state index contributed by atoms with van der Waals surface area (Å²) < 4.78 is 1.70. The normalized spacial score (nSPS) is 20.5. The van der Waals surface area contributed by atoms with Gasteiger partial charge in [0.1, 0.15) is 5.60 Å². The third-order valence-corrected chi connectivity index (χ3v) is 3.47. The van der Waals surface area contributed by atoms with Gasteiger partial charge < -0.3 is 10.4 Å². The summed E-state index contributed by atoms with van der Waals surface area (Å²) in [5.74, 6) is 0. The zero-order chi connectivity index (χ0) is 11.1. The van der Waals surface area contributed by atoms with E-state index in [0.717, 1.165) is 24.5 Å². The fourth-order valence-electron chi connectivity index (χ4n) is 2.21. The van der Waals surface area contributed by atoms with E-state index >= 15 is 0 Å². The number of nitrogens with zero attached hydrogens (tertiary/aromatic N) is 2. The minimum Gasteiger partial charge on any atom is -0.383 e. The van der Waals surface area contributed by atoms with Gasteiger partial charge in [-0.15, -0.1) is 0 Å². The molecule has 1 aliphatic rings. The Morgan fingerprint density at radius 2 is 2.07 bits per heavy atom. The van der Waals surface area contributed by atoms with Crippen LogP contribution in [0.3, 0.4) is 0 Å². The van der Waals surface area contributed by atoms with Crippen molar-refractivity contribution in [1.29, 1.82) is 0 Å². The Balaban J connectivity index is 2.42. The van der Waals surface area contributed by atoms with Gasteiger partial charge in [-0.3, -0.25) is 4.68 Å². The molecule has 5 heteroatoms. The van der Waals surface area contributed by atoms with Crippen molar-refractivity contribution in [2.24, 2.45) is 7.05 Å². The second-order valence-electron chi connectivity index (χ2n) is 4.15. The molecule has 84 valence electrons. The molecule has 0 aliphatic carbocycles. The molecule has 0 amide bonds. The number of nitrogens with one attached hydrogen (secondary N) is 1. The van der Waals surface area contributed by atoms with E-state index in [9.17, 15) is 5.11 Å². The molecule has 4 nitrogen and oxygen atoms in total. The summed E-state index contributed by atoms with van der Waals surface area (Å²) in [4.78, 5) is 0. The van der Waals surface area contributed by atoms with Gasteiger partial charge in [-0.1, -0.05) is 11.6 Å². The van der Waals surface area contributed by atoms with Crippen molar-refractivity contribution in [2.45, 2.75) is 25.4 Å². The van der Waals surface area contributed by atoms with E-state index in [1.165, 1.54) is 0 Å². The van der Waals surface area contributed by atoms with Crippen LogP contribution in [-0.2, 0) is 12.6 Å². The van der Waals surface area contributed by atoms with Crippen molar-refractivity contribution in [1.82, 2.24) is 15.1 Å². The first-order valence-electron chi connectivity index (χ1n) is 5.17. The minimum atomic E-state index is -0.821. The van der Waals surface area contributed by atoms with Gasteiger partial charge in [0.2, 0.25) is 0 Å². The highest BCUT2D eigenvalue weighted by atomic mass is 35.5. The lowest BCUT2D eigenvalue weighted by Crippen LogP contribution is -2.41. The lowest BCUT2D eigenvalue weighted by atomic mass is 9.89. The Hall–Kier alpha value is -0.580. The molecule has 0 unspecified atom stereocenters. The summed E-state index contributed by atoms with van der Waals surface area (Å²) in [6, 6.07) is 0. The first-order chi connectivity index (χ1) is 7.04. The summed E-state index contributed by atoms with van der Waals surface area (Å²) >= 11 is 6.17. The van der Waals surface area contributed by atoms with Crippen LogP contribution in [0.4, 0.5) is 0 Å². The molecule has 0 saturated carbocycles. The average molecular weight is 230 g/mol. The fourth-order valence-corrected chi connectivity index (χ4v) is 2.55. The smallest absolute Gasteiger partial charge is 0.110 e. The summed E-state index contributed by atoms with van der Waals surface area (Å²) in [5.41, 5.74) is 0.711. The number of hydrogen-bond donors (Lipinski definition) is 2. The van der Waals surface area contributed by atoms with Gasteiger partial charge in [0.05, 0.1) is 16.4 Å². The second-order valence-corrected chi connectivity index (χ2v) is 4.53. The lowest BCUT2D eigenvalue weighted by molar-refractivity contribution is -0.00139. The van der Waals surface area contributed by atoms with Crippen molar-refractivity contribution in [2.75, 3.05) is 13.1 Å². The lowest BCUT2D eigenvalue weighted by Gasteiger charge is -2.32. The SMILES string of the molecule is Cc1nn(C)c(C2(O)CCNCC2)c1Cl. The van der Waals surface area contributed by atoms with Crippen molar-refractivity contribution in [3.8, 4) is 0 Å². The third-order valence-electron chi connectivity index (χ3n) is 3.02. The number of hydrogen-bond acceptors (Lipinski definition) is 3. The van der Waals surface area contributed by atoms with Gasteiger partial charge in [0, 0.05) is 7.05 Å². The van der Waals surface area contributed by atoms with Gasteiger partial charge >= 0.3 is 0 Å². The van der Waals surface area contributed by atoms with E-state index in [4.69, 9.17) is 11.6 Å². The van der Waals surface area contributed by atoms with E-state index in [1.54, 1.807) is 4.68 Å². The van der Waals surface area contributed by atoms with Crippen LogP contribution in [0.5, 0.6) is 0 Å². The number of piperidine rings is 1. The van der Waals surface area contributed by atoms with Crippen LogP contribution in [0.25, 0.3) is 0 Å². The van der Waals surface area contributed by atoms with Crippen molar-refractivity contribution >= 4 is 11.6 Å². The standard InChI is InChI=1S/C10H16ClN3O/c1-7-8(11)9(14(2)13-7)10(15)3-5-12-6-4-10/h12,15H,3-6H2,1-2H3. The second kappa shape index (κ2) is 3.77. The summed E-state index contributed by atoms with van der Waals surface area (Å²) in [7, 11) is 1.83. The predicted molar refractivity (Wildman–Crippen MR) is 59.0 cm³/mol. The monoisotopic (exact) mass is 229 g/mol. The molecule has 0 bridgehead atoms. The van der Waals surface area contributed by atoms with Crippen LogP contribution in [0.15, 0.2) is 0 Å². The van der Waals surface area contributed by atoms with E-state index < -0.39 is 5.60 Å². The zero-order valence-electron chi connectivity index (χ0n) is 9.05. The maximum Gasteiger partial charge on any atom is 0.110 e. The van der Waals surface area contributed by atoms with Crippen LogP contribution in [0.2, 0.25) is 5.02 Å². The topological polar surface area (TPSA) is 50.1 Å². The van der Waals surface area contributed by atoms with Gasteiger partial charge in [-0.2, -0.15) is 5.10 Å². The number of aryl methyl sites for hydroxylation is 2. The molecule has 15 heavy (non-hydrogen) atoms. The number of aromatic nitrogens is 2. The average Bonchev–Trinajstić information content (AvgIpc) is 2.42. The highest BCUT2D eigenvalue weighted by Gasteiger charge is 2.36. The molecule has 2 rings (SSSR count). The first-order valence-corrected chi connectivity index (χ1v) is 5.55. The number of rotatable bonds is 1. The maximum atomic E-state index is 10.5. The zero-order valence-corrected chi connectivity index (χ0v) is 9.80. The van der Waals surface area contributed by atoms with E-state index in [0.29, 0.717) is 17.9 Å². The molecule has 0 aromatic carbocycles. The third kappa shape index (κ3) is 1.77. The molecule has 2 N–H and O–H groups in total. The molecule has 1 aliphatic heterocycles. The summed E-state index contributed by atoms with van der Waals surface area (Å²) in [5, 5.41) is 18.6. The van der Waals surface area contributed by atoms with Crippen molar-refractivity contribution < 1.29 is 5.11 Å². The fraction of sp³-hybridized carbons (Fsp3) is 0.700. The molecular weight excluding hydrogens is 214 g/mol. The molecular formula is C10H16ClN3O. The quantitative estimate of drug-likeness (QED) is 0.754. The Labute approximate surface area is 94.2 Å². The first kappa shape index (κ1) is 10.9. The molecule has 0 spiro atoms. The molecule has 2 heterocycles. The molecule has 1 saturated heterocycles.